The minimum absolute atomic E-state index is 0.0882. The minimum atomic E-state index is -2.82. The monoisotopic (exact) mass is 688 g/mol. The van der Waals surface area contributed by atoms with Gasteiger partial charge in [0.2, 0.25) is 0 Å². The lowest BCUT2D eigenvalue weighted by atomic mass is 9.45. The van der Waals surface area contributed by atoms with Gasteiger partial charge in [-0.2, -0.15) is 0 Å². The van der Waals surface area contributed by atoms with Gasteiger partial charge in [-0.1, -0.05) is 158 Å². The molecule has 2 aromatic heterocycles. The van der Waals surface area contributed by atoms with Gasteiger partial charge >= 0.3 is 6.85 Å². The van der Waals surface area contributed by atoms with E-state index in [-0.39, 0.29) is 6.85 Å². The molecule has 0 unspecified atom stereocenters. The Bertz CT molecular complexity index is 3160. The van der Waals surface area contributed by atoms with E-state index in [1.54, 1.807) is 0 Å². The van der Waals surface area contributed by atoms with Gasteiger partial charge in [-0.05, 0) is 66.2 Å². The number of aromatic nitrogens is 1. The van der Waals surface area contributed by atoms with E-state index in [9.17, 15) is 0 Å². The summed E-state index contributed by atoms with van der Waals surface area (Å²) in [4.78, 5) is 2.63. The highest BCUT2D eigenvalue weighted by Gasteiger charge is 2.53. The highest BCUT2D eigenvalue weighted by Crippen LogP contribution is 2.49. The SMILES string of the molecule is c1ccc([Si]2(c3ccccc3)c3ccccc3N3c4cc5ccccc5c5c4B(c4cccc2c43)n2c3oc4ccccc4c3c3cccc-5c32)cc1. The van der Waals surface area contributed by atoms with Gasteiger partial charge < -0.3 is 13.8 Å². The molecule has 0 amide bonds. The van der Waals surface area contributed by atoms with Crippen LogP contribution in [0.3, 0.4) is 0 Å². The van der Waals surface area contributed by atoms with Gasteiger partial charge in [0.1, 0.15) is 5.58 Å². The first-order chi connectivity index (χ1) is 26.3. The first-order valence-corrected chi connectivity index (χ1v) is 20.5. The molecule has 13 rings (SSSR count). The fraction of sp³-hybridized carbons (Fsp3) is 0. The molecule has 8 aromatic carbocycles. The second-order valence-corrected chi connectivity index (χ2v) is 18.5. The maximum Gasteiger partial charge on any atom is 0.336 e. The van der Waals surface area contributed by atoms with Crippen LogP contribution in [0.15, 0.2) is 180 Å². The van der Waals surface area contributed by atoms with Crippen molar-refractivity contribution in [2.75, 3.05) is 4.90 Å². The van der Waals surface area contributed by atoms with Crippen molar-refractivity contribution in [3.63, 3.8) is 0 Å². The average Bonchev–Trinajstić information content (AvgIpc) is 3.76. The largest absolute Gasteiger partial charge is 0.441 e. The first kappa shape index (κ1) is 28.1. The van der Waals surface area contributed by atoms with E-state index in [1.165, 1.54) is 92.3 Å². The van der Waals surface area contributed by atoms with Crippen LogP contribution >= 0.6 is 0 Å². The van der Waals surface area contributed by atoms with Crippen LogP contribution < -0.4 is 36.6 Å². The van der Waals surface area contributed by atoms with Crippen molar-refractivity contribution in [3.8, 4) is 11.1 Å². The van der Waals surface area contributed by atoms with Crippen molar-refractivity contribution in [2.24, 2.45) is 0 Å². The first-order valence-electron chi connectivity index (χ1n) is 18.5. The second kappa shape index (κ2) is 9.85. The number of benzene rings is 8. The molecule has 244 valence electrons. The zero-order valence-electron chi connectivity index (χ0n) is 28.6. The van der Waals surface area contributed by atoms with E-state index in [4.69, 9.17) is 4.42 Å². The van der Waals surface area contributed by atoms with Gasteiger partial charge in [-0.3, -0.25) is 0 Å². The molecule has 3 aliphatic heterocycles. The highest BCUT2D eigenvalue weighted by atomic mass is 28.3. The van der Waals surface area contributed by atoms with E-state index in [1.807, 2.05) is 0 Å². The quantitative estimate of drug-likeness (QED) is 0.173. The van der Waals surface area contributed by atoms with E-state index in [0.717, 1.165) is 11.3 Å². The third-order valence-corrected chi connectivity index (χ3v) is 17.2. The smallest absolute Gasteiger partial charge is 0.336 e. The summed E-state index contributed by atoms with van der Waals surface area (Å²) in [5, 5.41) is 11.8. The van der Waals surface area contributed by atoms with E-state index < -0.39 is 8.07 Å². The molecule has 3 aliphatic rings. The van der Waals surface area contributed by atoms with Crippen LogP contribution in [-0.2, 0) is 0 Å². The molecule has 0 bridgehead atoms. The third kappa shape index (κ3) is 3.25. The molecule has 10 aromatic rings. The van der Waals surface area contributed by atoms with Gasteiger partial charge in [-0.15, -0.1) is 0 Å². The number of furan rings is 1. The Balaban J connectivity index is 1.27. The van der Waals surface area contributed by atoms with Crippen LogP contribution in [0, 0.1) is 0 Å². The van der Waals surface area contributed by atoms with Gasteiger partial charge in [0.15, 0.2) is 13.8 Å². The molecule has 0 aliphatic carbocycles. The summed E-state index contributed by atoms with van der Waals surface area (Å²) >= 11 is 0. The molecule has 0 saturated carbocycles. The standard InChI is InChI=1S/C48H29BN2OSi/c1-3-16-31(17-4-1)53(32-18-5-2-6-19-32)41-27-12-10-25-38(41)50-39-29-30-15-7-8-20-33(30)43-35-22-13-23-36-44-34-21-9-11-26-40(34)52-48(44)51(46(35)36)49(45(39)43)37-24-14-28-42(53)47(37)50/h1-29H. The van der Waals surface area contributed by atoms with E-state index in [0.29, 0.717) is 0 Å². The van der Waals surface area contributed by atoms with Crippen LogP contribution in [0.2, 0.25) is 0 Å². The Morgan fingerprint density at radius 1 is 0.528 bits per heavy atom. The van der Waals surface area contributed by atoms with Crippen molar-refractivity contribution in [2.45, 2.75) is 0 Å². The molecule has 0 spiro atoms. The van der Waals surface area contributed by atoms with E-state index in [2.05, 4.69) is 185 Å². The summed E-state index contributed by atoms with van der Waals surface area (Å²) in [6, 6.07) is 65.9. The zero-order chi connectivity index (χ0) is 34.4. The number of hydrogen-bond donors (Lipinski definition) is 0. The maximum atomic E-state index is 6.95. The average molecular weight is 689 g/mol. The van der Waals surface area contributed by atoms with Crippen LogP contribution in [0.1, 0.15) is 0 Å². The maximum absolute atomic E-state index is 6.95. The molecule has 0 saturated heterocycles. The van der Waals surface area contributed by atoms with Gasteiger partial charge in [0, 0.05) is 38.9 Å². The van der Waals surface area contributed by atoms with Crippen molar-refractivity contribution >= 4 is 107 Å². The molecule has 0 radical (unpaired) electrons. The molecule has 53 heavy (non-hydrogen) atoms. The Morgan fingerprint density at radius 2 is 1.19 bits per heavy atom. The summed E-state index contributed by atoms with van der Waals surface area (Å²) in [5.41, 5.74) is 12.2. The number of fused-ring (bicyclic) bond motifs is 13. The molecular weight excluding hydrogens is 659 g/mol. The zero-order valence-corrected chi connectivity index (χ0v) is 29.6. The van der Waals surface area contributed by atoms with Crippen LogP contribution in [0.25, 0.3) is 54.9 Å². The Labute approximate surface area is 307 Å². The highest BCUT2D eigenvalue weighted by molar-refractivity contribution is 7.21. The van der Waals surface area contributed by atoms with Crippen LogP contribution in [0.4, 0.5) is 17.1 Å². The fourth-order valence-corrected chi connectivity index (χ4v) is 15.7. The number of para-hydroxylation sites is 4. The molecule has 5 heterocycles. The summed E-state index contributed by atoms with van der Waals surface area (Å²) in [7, 11) is -2.82. The van der Waals surface area contributed by atoms with Crippen LogP contribution in [-0.4, -0.2) is 19.4 Å². The lowest BCUT2D eigenvalue weighted by Crippen LogP contribution is -2.78. The Morgan fingerprint density at radius 3 is 2.02 bits per heavy atom. The summed E-state index contributed by atoms with van der Waals surface area (Å²) < 4.78 is 9.51. The minimum Gasteiger partial charge on any atom is -0.441 e. The third-order valence-electron chi connectivity index (χ3n) is 12.4. The van der Waals surface area contributed by atoms with Crippen molar-refractivity contribution in [1.29, 1.82) is 0 Å². The Hall–Kier alpha value is -6.56. The fourth-order valence-electron chi connectivity index (χ4n) is 10.5. The molecule has 0 atom stereocenters. The molecule has 0 fully saturated rings. The summed E-state index contributed by atoms with van der Waals surface area (Å²) in [5.74, 6) is 0. The van der Waals surface area contributed by atoms with Gasteiger partial charge in [-0.25, -0.2) is 0 Å². The second-order valence-electron chi connectivity index (χ2n) is 14.7. The van der Waals surface area contributed by atoms with Crippen molar-refractivity contribution in [1.82, 2.24) is 4.48 Å². The molecule has 5 heteroatoms. The number of hydrogen-bond acceptors (Lipinski definition) is 2. The number of rotatable bonds is 2. The lowest BCUT2D eigenvalue weighted by molar-refractivity contribution is 0.651. The predicted molar refractivity (Wildman–Crippen MR) is 224 cm³/mol. The lowest BCUT2D eigenvalue weighted by Gasteiger charge is -2.49. The number of anilines is 3. The van der Waals surface area contributed by atoms with Crippen molar-refractivity contribution in [3.05, 3.63) is 176 Å². The Kier molecular flexibility index (Phi) is 5.22. The van der Waals surface area contributed by atoms with E-state index >= 15 is 0 Å². The predicted octanol–water partition coefficient (Wildman–Crippen LogP) is 7.80. The molecule has 0 N–H and O–H groups in total. The molecule has 3 nitrogen and oxygen atoms in total. The normalized spacial score (nSPS) is 14.5. The molecular formula is C48H29BN2OSi. The summed E-state index contributed by atoms with van der Waals surface area (Å²) in [6.07, 6.45) is 0. The van der Waals surface area contributed by atoms with Gasteiger partial charge in [0.25, 0.3) is 0 Å². The number of nitrogens with zero attached hydrogens (tertiary/aromatic N) is 2. The summed E-state index contributed by atoms with van der Waals surface area (Å²) in [6.45, 7) is -0.0882. The topological polar surface area (TPSA) is 21.3 Å². The van der Waals surface area contributed by atoms with Crippen LogP contribution in [0.5, 0.6) is 0 Å². The van der Waals surface area contributed by atoms with Gasteiger partial charge in [0.05, 0.1) is 5.39 Å². The van der Waals surface area contributed by atoms with Crippen molar-refractivity contribution < 1.29 is 4.42 Å².